The molecule has 1 aromatic rings. The number of hydrogen-bond donors (Lipinski definition) is 1. The monoisotopic (exact) mass is 258 g/mol. The van der Waals surface area contributed by atoms with Crippen molar-refractivity contribution in [3.63, 3.8) is 0 Å². The number of carbonyl (C=O) groups excluding carboxylic acids is 1. The van der Waals surface area contributed by atoms with Gasteiger partial charge in [-0.15, -0.1) is 0 Å². The van der Waals surface area contributed by atoms with Gasteiger partial charge in [-0.2, -0.15) is 0 Å². The number of halogens is 1. The summed E-state index contributed by atoms with van der Waals surface area (Å²) in [5.41, 5.74) is 0.320. The number of hydrogen-bond acceptors (Lipinski definition) is 3. The molecule has 0 aliphatic heterocycles. The van der Waals surface area contributed by atoms with Crippen molar-refractivity contribution < 1.29 is 14.6 Å². The number of methoxy groups -OCH3 is 1. The van der Waals surface area contributed by atoms with Crippen molar-refractivity contribution in [1.29, 1.82) is 0 Å². The van der Waals surface area contributed by atoms with Crippen molar-refractivity contribution >= 4 is 21.7 Å². The maximum atomic E-state index is 11.4. The lowest BCUT2D eigenvalue weighted by Gasteiger charge is -2.07. The van der Waals surface area contributed by atoms with Gasteiger partial charge in [0.2, 0.25) is 0 Å². The molecular weight excluding hydrogens is 248 g/mol. The van der Waals surface area contributed by atoms with Crippen LogP contribution < -0.4 is 4.74 Å². The van der Waals surface area contributed by atoms with Crippen molar-refractivity contribution in [2.45, 2.75) is 13.3 Å². The van der Waals surface area contributed by atoms with E-state index in [0.29, 0.717) is 22.2 Å². The molecule has 4 heteroatoms. The Morgan fingerprint density at radius 3 is 2.71 bits per heavy atom. The highest BCUT2D eigenvalue weighted by Gasteiger charge is 2.12. The van der Waals surface area contributed by atoms with E-state index in [1.807, 2.05) is 0 Å². The highest BCUT2D eigenvalue weighted by atomic mass is 79.9. The Labute approximate surface area is 90.8 Å². The van der Waals surface area contributed by atoms with Gasteiger partial charge in [0.15, 0.2) is 5.78 Å². The molecule has 0 amide bonds. The molecule has 0 fully saturated rings. The number of ketones is 1. The van der Waals surface area contributed by atoms with Crippen LogP contribution in [-0.4, -0.2) is 18.0 Å². The van der Waals surface area contributed by atoms with Gasteiger partial charge in [0.1, 0.15) is 11.5 Å². The third kappa shape index (κ3) is 2.07. The summed E-state index contributed by atoms with van der Waals surface area (Å²) in [6.45, 7) is 1.75. The Morgan fingerprint density at radius 1 is 1.57 bits per heavy atom. The summed E-state index contributed by atoms with van der Waals surface area (Å²) in [5, 5.41) is 9.53. The second-order valence-corrected chi connectivity index (χ2v) is 3.63. The van der Waals surface area contributed by atoms with Crippen LogP contribution in [0.25, 0.3) is 0 Å². The Balaban J connectivity index is 3.21. The summed E-state index contributed by atoms with van der Waals surface area (Å²) in [7, 11) is 1.50. The van der Waals surface area contributed by atoms with Gasteiger partial charge in [-0.05, 0) is 22.0 Å². The first-order valence-electron chi connectivity index (χ1n) is 4.19. The lowest BCUT2D eigenvalue weighted by molar-refractivity contribution is 0.0985. The Bertz CT molecular complexity index is 361. The largest absolute Gasteiger partial charge is 0.507 e. The van der Waals surface area contributed by atoms with E-state index in [0.717, 1.165) is 0 Å². The fourth-order valence-electron chi connectivity index (χ4n) is 1.11. The third-order valence-corrected chi connectivity index (χ3v) is 2.51. The smallest absolute Gasteiger partial charge is 0.166 e. The molecule has 76 valence electrons. The van der Waals surface area contributed by atoms with E-state index < -0.39 is 0 Å². The SMILES string of the molecule is CCC(=O)c1cc(Br)c(OC)cc1O. The molecule has 1 N–H and O–H groups in total. The topological polar surface area (TPSA) is 46.5 Å². The van der Waals surface area contributed by atoms with E-state index in [9.17, 15) is 9.90 Å². The van der Waals surface area contributed by atoms with Crippen molar-refractivity contribution in [3.05, 3.63) is 22.2 Å². The number of rotatable bonds is 3. The second-order valence-electron chi connectivity index (χ2n) is 2.78. The van der Waals surface area contributed by atoms with Crippen LogP contribution in [0.3, 0.4) is 0 Å². The van der Waals surface area contributed by atoms with Crippen molar-refractivity contribution in [2.24, 2.45) is 0 Å². The molecule has 0 bridgehead atoms. The average Bonchev–Trinajstić information content (AvgIpc) is 2.19. The van der Waals surface area contributed by atoms with E-state index in [1.165, 1.54) is 13.2 Å². The maximum Gasteiger partial charge on any atom is 0.166 e. The normalized spacial score (nSPS) is 9.93. The number of phenols is 1. The van der Waals surface area contributed by atoms with Crippen LogP contribution in [0.5, 0.6) is 11.5 Å². The second kappa shape index (κ2) is 4.46. The Hall–Kier alpha value is -1.03. The van der Waals surface area contributed by atoms with Crippen molar-refractivity contribution in [2.75, 3.05) is 7.11 Å². The summed E-state index contributed by atoms with van der Waals surface area (Å²) < 4.78 is 5.64. The molecule has 0 spiro atoms. The quantitative estimate of drug-likeness (QED) is 0.849. The van der Waals surface area contributed by atoms with Gasteiger partial charge in [-0.1, -0.05) is 6.92 Å². The molecular formula is C10H11BrO3. The highest BCUT2D eigenvalue weighted by molar-refractivity contribution is 9.10. The number of phenolic OH excluding ortho intramolecular Hbond substituents is 1. The Kier molecular flexibility index (Phi) is 3.52. The molecule has 1 rings (SSSR count). The number of carbonyl (C=O) groups is 1. The van der Waals surface area contributed by atoms with Gasteiger partial charge in [0.25, 0.3) is 0 Å². The molecule has 0 aliphatic carbocycles. The van der Waals surface area contributed by atoms with Gasteiger partial charge >= 0.3 is 0 Å². The minimum Gasteiger partial charge on any atom is -0.507 e. The first-order valence-corrected chi connectivity index (χ1v) is 4.99. The first kappa shape index (κ1) is 11.0. The van der Waals surface area contributed by atoms with Crippen LogP contribution in [0.1, 0.15) is 23.7 Å². The molecule has 0 saturated heterocycles. The molecule has 0 radical (unpaired) electrons. The molecule has 3 nitrogen and oxygen atoms in total. The summed E-state index contributed by atoms with van der Waals surface area (Å²) >= 11 is 3.25. The molecule has 0 unspecified atom stereocenters. The standard InChI is InChI=1S/C10H11BrO3/c1-3-8(12)6-4-7(11)10(14-2)5-9(6)13/h4-5,13H,3H2,1-2H3. The van der Waals surface area contributed by atoms with Gasteiger partial charge in [0.05, 0.1) is 17.1 Å². The van der Waals surface area contributed by atoms with Gasteiger partial charge in [0, 0.05) is 12.5 Å². The van der Waals surface area contributed by atoms with Crippen molar-refractivity contribution in [3.8, 4) is 11.5 Å². The average molecular weight is 259 g/mol. The van der Waals surface area contributed by atoms with Crippen LogP contribution in [0.15, 0.2) is 16.6 Å². The van der Waals surface area contributed by atoms with E-state index in [2.05, 4.69) is 15.9 Å². The van der Waals surface area contributed by atoms with E-state index in [-0.39, 0.29) is 11.5 Å². The summed E-state index contributed by atoms with van der Waals surface area (Å²) in [4.78, 5) is 11.4. The van der Waals surface area contributed by atoms with Crippen molar-refractivity contribution in [1.82, 2.24) is 0 Å². The van der Waals surface area contributed by atoms with Crippen LogP contribution in [0.4, 0.5) is 0 Å². The predicted octanol–water partition coefficient (Wildman–Crippen LogP) is 2.76. The zero-order chi connectivity index (χ0) is 10.7. The molecule has 0 aliphatic rings. The highest BCUT2D eigenvalue weighted by Crippen LogP contribution is 2.32. The molecule has 0 heterocycles. The van der Waals surface area contributed by atoms with Crippen LogP contribution in [0.2, 0.25) is 0 Å². The molecule has 14 heavy (non-hydrogen) atoms. The predicted molar refractivity (Wildman–Crippen MR) is 57.0 cm³/mol. The van der Waals surface area contributed by atoms with E-state index >= 15 is 0 Å². The molecule has 0 aromatic heterocycles. The number of ether oxygens (including phenoxy) is 1. The lowest BCUT2D eigenvalue weighted by atomic mass is 10.1. The maximum absolute atomic E-state index is 11.4. The molecule has 0 saturated carbocycles. The minimum absolute atomic E-state index is 0.0445. The summed E-state index contributed by atoms with van der Waals surface area (Å²) in [6.07, 6.45) is 0.367. The van der Waals surface area contributed by atoms with Gasteiger partial charge in [-0.25, -0.2) is 0 Å². The van der Waals surface area contributed by atoms with Crippen LogP contribution >= 0.6 is 15.9 Å². The minimum atomic E-state index is -0.0918. The summed E-state index contributed by atoms with van der Waals surface area (Å²) in [6, 6.07) is 2.99. The zero-order valence-electron chi connectivity index (χ0n) is 8.00. The number of benzene rings is 1. The molecule has 0 atom stereocenters. The molecule has 1 aromatic carbocycles. The van der Waals surface area contributed by atoms with Crippen LogP contribution in [0, 0.1) is 0 Å². The third-order valence-electron chi connectivity index (χ3n) is 1.89. The lowest BCUT2D eigenvalue weighted by Crippen LogP contribution is -1.98. The van der Waals surface area contributed by atoms with Gasteiger partial charge in [-0.3, -0.25) is 4.79 Å². The Morgan fingerprint density at radius 2 is 2.21 bits per heavy atom. The summed E-state index contributed by atoms with van der Waals surface area (Å²) in [5.74, 6) is 0.373. The van der Waals surface area contributed by atoms with E-state index in [4.69, 9.17) is 4.74 Å². The first-order chi connectivity index (χ1) is 6.60. The number of Topliss-reactive ketones (excluding diaryl/α,β-unsaturated/α-hetero) is 1. The van der Waals surface area contributed by atoms with Gasteiger partial charge < -0.3 is 9.84 Å². The fraction of sp³-hybridized carbons (Fsp3) is 0.300. The van der Waals surface area contributed by atoms with Crippen LogP contribution in [-0.2, 0) is 0 Å². The number of aromatic hydroxyl groups is 1. The van der Waals surface area contributed by atoms with E-state index in [1.54, 1.807) is 13.0 Å². The fourth-order valence-corrected chi connectivity index (χ4v) is 1.62. The zero-order valence-corrected chi connectivity index (χ0v) is 9.59.